The lowest BCUT2D eigenvalue weighted by atomic mass is 9.99. The van der Waals surface area contributed by atoms with Gasteiger partial charge in [-0.25, -0.2) is 4.79 Å². The summed E-state index contributed by atoms with van der Waals surface area (Å²) in [5.74, 6) is -0.453. The maximum Gasteiger partial charge on any atom is 0.331 e. The SMILES string of the molecule is COC1/C=C\C=C\C[C@@H](O)C/C=C\C=C\[C@@H](O[C@@H]2O[C@H](CO)[C@@H](O)[C@H](O)[C@H]2O)C/C=C/C=C\C(=O)O[C@H](C)CCC1. The predicted molar refractivity (Wildman–Crippen MR) is 154 cm³/mol. The van der Waals surface area contributed by atoms with E-state index in [0.29, 0.717) is 25.7 Å². The Bertz CT molecular complexity index is 922. The fraction of sp³-hybridized carbons (Fsp3) is 0.581. The number of allylic oxidation sites excluding steroid dienone is 6. The lowest BCUT2D eigenvalue weighted by molar-refractivity contribution is -0.307. The van der Waals surface area contributed by atoms with Crippen molar-refractivity contribution in [2.45, 2.75) is 101 Å². The maximum absolute atomic E-state index is 12.2. The second-order valence-corrected chi connectivity index (χ2v) is 10.1. The van der Waals surface area contributed by atoms with E-state index < -0.39 is 55.5 Å². The Morgan fingerprint density at radius 2 is 1.46 bits per heavy atom. The van der Waals surface area contributed by atoms with Crippen LogP contribution in [-0.2, 0) is 23.7 Å². The van der Waals surface area contributed by atoms with Crippen LogP contribution in [0.4, 0.5) is 0 Å². The largest absolute Gasteiger partial charge is 0.460 e. The molecule has 10 heteroatoms. The number of aliphatic hydroxyl groups is 5. The van der Waals surface area contributed by atoms with E-state index in [1.54, 1.807) is 43.6 Å². The first-order chi connectivity index (χ1) is 19.7. The number of carbonyl (C=O) groups is 1. The highest BCUT2D eigenvalue weighted by Crippen LogP contribution is 2.24. The van der Waals surface area contributed by atoms with Crippen LogP contribution in [0.25, 0.3) is 0 Å². The molecule has 0 aromatic heterocycles. The molecular formula is C31H46O10. The molecule has 0 bridgehead atoms. The third-order valence-corrected chi connectivity index (χ3v) is 6.69. The Kier molecular flexibility index (Phi) is 16.7. The van der Waals surface area contributed by atoms with Gasteiger partial charge in [-0.3, -0.25) is 0 Å². The molecular weight excluding hydrogens is 532 g/mol. The van der Waals surface area contributed by atoms with Crippen molar-refractivity contribution in [2.24, 2.45) is 0 Å². The fourth-order valence-corrected chi connectivity index (χ4v) is 4.25. The van der Waals surface area contributed by atoms with Gasteiger partial charge in [0.05, 0.1) is 31.0 Å². The summed E-state index contributed by atoms with van der Waals surface area (Å²) >= 11 is 0. The minimum atomic E-state index is -1.55. The van der Waals surface area contributed by atoms with Crippen molar-refractivity contribution in [2.75, 3.05) is 13.7 Å². The Balaban J connectivity index is 2.12. The number of aliphatic hydroxyl groups excluding tert-OH is 5. The molecule has 9 atom stereocenters. The molecule has 41 heavy (non-hydrogen) atoms. The van der Waals surface area contributed by atoms with Gasteiger partial charge in [-0.15, -0.1) is 0 Å². The van der Waals surface area contributed by atoms with Gasteiger partial charge in [0, 0.05) is 13.2 Å². The summed E-state index contributed by atoms with van der Waals surface area (Å²) in [4.78, 5) is 12.2. The molecule has 230 valence electrons. The zero-order valence-corrected chi connectivity index (χ0v) is 23.9. The van der Waals surface area contributed by atoms with Crippen molar-refractivity contribution in [3.05, 3.63) is 72.9 Å². The summed E-state index contributed by atoms with van der Waals surface area (Å²) in [7, 11) is 1.66. The fourth-order valence-electron chi connectivity index (χ4n) is 4.25. The third-order valence-electron chi connectivity index (χ3n) is 6.69. The molecule has 1 unspecified atom stereocenters. The van der Waals surface area contributed by atoms with Gasteiger partial charge in [-0.05, 0) is 45.4 Å². The van der Waals surface area contributed by atoms with E-state index in [9.17, 15) is 30.3 Å². The number of ether oxygens (including phenoxy) is 4. The minimum absolute atomic E-state index is 0.0497. The average molecular weight is 579 g/mol. The van der Waals surface area contributed by atoms with E-state index in [4.69, 9.17) is 18.9 Å². The molecule has 10 nitrogen and oxygen atoms in total. The third kappa shape index (κ3) is 13.4. The van der Waals surface area contributed by atoms with Crippen molar-refractivity contribution in [1.82, 2.24) is 0 Å². The summed E-state index contributed by atoms with van der Waals surface area (Å²) in [6.45, 7) is 1.29. The molecule has 0 radical (unpaired) electrons. The first-order valence-electron chi connectivity index (χ1n) is 14.1. The lowest BCUT2D eigenvalue weighted by Crippen LogP contribution is -2.59. The van der Waals surface area contributed by atoms with Gasteiger partial charge in [0.25, 0.3) is 0 Å². The van der Waals surface area contributed by atoms with Gasteiger partial charge in [-0.1, -0.05) is 66.8 Å². The second-order valence-electron chi connectivity index (χ2n) is 10.1. The summed E-state index contributed by atoms with van der Waals surface area (Å²) in [5, 5.41) is 50.2. The van der Waals surface area contributed by atoms with E-state index in [1.165, 1.54) is 6.08 Å². The molecule has 1 saturated heterocycles. The molecule has 2 aliphatic rings. The number of cyclic esters (lactones) is 1. The van der Waals surface area contributed by atoms with Gasteiger partial charge >= 0.3 is 5.97 Å². The van der Waals surface area contributed by atoms with Crippen LogP contribution in [0.15, 0.2) is 72.9 Å². The van der Waals surface area contributed by atoms with E-state index in [1.807, 2.05) is 37.3 Å². The van der Waals surface area contributed by atoms with Crippen LogP contribution >= 0.6 is 0 Å². The molecule has 5 N–H and O–H groups in total. The quantitative estimate of drug-likeness (QED) is 0.314. The smallest absolute Gasteiger partial charge is 0.331 e. The van der Waals surface area contributed by atoms with Crippen LogP contribution in [-0.4, -0.2) is 100 Å². The van der Waals surface area contributed by atoms with Crippen molar-refractivity contribution in [3.63, 3.8) is 0 Å². The summed E-state index contributed by atoms with van der Waals surface area (Å²) in [6, 6.07) is 0. The molecule has 0 amide bonds. The summed E-state index contributed by atoms with van der Waals surface area (Å²) < 4.78 is 22.3. The van der Waals surface area contributed by atoms with Gasteiger partial charge in [0.2, 0.25) is 0 Å². The Morgan fingerprint density at radius 3 is 2.12 bits per heavy atom. The number of esters is 1. The van der Waals surface area contributed by atoms with Crippen LogP contribution in [0.2, 0.25) is 0 Å². The Labute approximate surface area is 242 Å². The number of hydrogen-bond acceptors (Lipinski definition) is 10. The van der Waals surface area contributed by atoms with Gasteiger partial charge in [0.1, 0.15) is 24.4 Å². The highest BCUT2D eigenvalue weighted by molar-refractivity contribution is 5.82. The molecule has 2 heterocycles. The zero-order chi connectivity index (χ0) is 30.0. The van der Waals surface area contributed by atoms with Crippen molar-refractivity contribution in [3.8, 4) is 0 Å². The second kappa shape index (κ2) is 19.7. The molecule has 2 rings (SSSR count). The normalized spacial score (nSPS) is 39.9. The molecule has 0 aliphatic carbocycles. The Hall–Kier alpha value is -2.41. The van der Waals surface area contributed by atoms with Gasteiger partial charge < -0.3 is 44.5 Å². The van der Waals surface area contributed by atoms with Crippen molar-refractivity contribution in [1.29, 1.82) is 0 Å². The van der Waals surface area contributed by atoms with Crippen LogP contribution in [0.1, 0.15) is 45.4 Å². The molecule has 1 fully saturated rings. The highest BCUT2D eigenvalue weighted by atomic mass is 16.7. The molecule has 0 aromatic rings. The monoisotopic (exact) mass is 578 g/mol. The van der Waals surface area contributed by atoms with Crippen molar-refractivity contribution >= 4 is 5.97 Å². The van der Waals surface area contributed by atoms with Crippen molar-refractivity contribution < 1.29 is 49.3 Å². The van der Waals surface area contributed by atoms with E-state index in [2.05, 4.69) is 0 Å². The van der Waals surface area contributed by atoms with Gasteiger partial charge in [0.15, 0.2) is 6.29 Å². The first-order valence-corrected chi connectivity index (χ1v) is 14.1. The zero-order valence-electron chi connectivity index (χ0n) is 23.9. The Morgan fingerprint density at radius 1 is 0.829 bits per heavy atom. The average Bonchev–Trinajstić information content (AvgIpc) is 2.95. The number of rotatable bonds is 4. The van der Waals surface area contributed by atoms with E-state index in [-0.39, 0.29) is 12.2 Å². The summed E-state index contributed by atoms with van der Waals surface area (Å²) in [5.41, 5.74) is 0. The first kappa shape index (κ1) is 34.8. The molecule has 2 aliphatic heterocycles. The highest BCUT2D eigenvalue weighted by Gasteiger charge is 2.44. The standard InChI is InChI=1S/C31H46O10/c1-22-13-12-19-24(38-2)16-8-3-6-14-23(33)15-7-4-9-17-25(18-10-5-11-20-27(34)39-22)40-31-30(37)29(36)28(35)26(21-32)41-31/h3-11,16-17,20,22-26,28-33,35-37H,12-15,18-19,21H2,1-2H3/b6-3+,7-4-,10-5+,16-8-,17-9+,20-11-/t22-,23-,24?,25-,26-,28-,29+,30-,31-/m1/s1. The number of methoxy groups -OCH3 is 1. The van der Waals surface area contributed by atoms with Crippen LogP contribution in [0, 0.1) is 0 Å². The molecule has 0 saturated carbocycles. The van der Waals surface area contributed by atoms with Crippen LogP contribution in [0.5, 0.6) is 0 Å². The van der Waals surface area contributed by atoms with E-state index in [0.717, 1.165) is 12.8 Å². The van der Waals surface area contributed by atoms with Gasteiger partial charge in [-0.2, -0.15) is 0 Å². The van der Waals surface area contributed by atoms with E-state index >= 15 is 0 Å². The predicted octanol–water partition coefficient (Wildman–Crippen LogP) is 2.17. The number of hydrogen-bond donors (Lipinski definition) is 5. The topological polar surface area (TPSA) is 155 Å². The maximum atomic E-state index is 12.2. The minimum Gasteiger partial charge on any atom is -0.460 e. The lowest BCUT2D eigenvalue weighted by Gasteiger charge is -2.40. The molecule has 0 aromatic carbocycles. The summed E-state index contributed by atoms with van der Waals surface area (Å²) in [6.07, 6.45) is 16.1. The molecule has 0 spiro atoms. The van der Waals surface area contributed by atoms with Crippen LogP contribution < -0.4 is 0 Å². The van der Waals surface area contributed by atoms with Crippen LogP contribution in [0.3, 0.4) is 0 Å². The number of carbonyl (C=O) groups excluding carboxylic acids is 1.